The first kappa shape index (κ1) is 18.6. The van der Waals surface area contributed by atoms with E-state index in [2.05, 4.69) is 0 Å². The molecule has 2 bridgehead atoms. The van der Waals surface area contributed by atoms with Crippen LogP contribution in [-0.4, -0.2) is 37.7 Å². The minimum atomic E-state index is -1.64. The van der Waals surface area contributed by atoms with E-state index in [0.717, 1.165) is 5.56 Å². The van der Waals surface area contributed by atoms with Crippen molar-refractivity contribution >= 4 is 11.8 Å². The Labute approximate surface area is 162 Å². The number of benzene rings is 2. The summed E-state index contributed by atoms with van der Waals surface area (Å²) in [7, 11) is 2.98. The predicted molar refractivity (Wildman–Crippen MR) is 96.6 cm³/mol. The Bertz CT molecular complexity index is 923. The molecule has 1 fully saturated rings. The SMILES string of the molecule is COc1ccc(COC(=O)[C@]2(C)O[C@@]3(OC)O[C@@H]2C(=O)c2ccccc23)cc1. The van der Waals surface area contributed by atoms with Crippen LogP contribution in [0, 0.1) is 0 Å². The van der Waals surface area contributed by atoms with Crippen molar-refractivity contribution in [2.24, 2.45) is 0 Å². The lowest BCUT2D eigenvalue weighted by Gasteiger charge is -2.30. The zero-order chi connectivity index (χ0) is 19.9. The fraction of sp³-hybridized carbons (Fsp3) is 0.333. The number of esters is 1. The Morgan fingerprint density at radius 3 is 2.50 bits per heavy atom. The molecule has 4 rings (SSSR count). The maximum Gasteiger partial charge on any atom is 0.341 e. The lowest BCUT2D eigenvalue weighted by Crippen LogP contribution is -2.49. The van der Waals surface area contributed by atoms with Crippen LogP contribution in [0.5, 0.6) is 5.75 Å². The van der Waals surface area contributed by atoms with E-state index in [-0.39, 0.29) is 12.4 Å². The third-order valence-corrected chi connectivity index (χ3v) is 5.08. The van der Waals surface area contributed by atoms with Crippen LogP contribution in [0.2, 0.25) is 0 Å². The Hall–Kier alpha value is -2.74. The Morgan fingerprint density at radius 2 is 1.82 bits per heavy atom. The van der Waals surface area contributed by atoms with Gasteiger partial charge in [-0.15, -0.1) is 0 Å². The van der Waals surface area contributed by atoms with Gasteiger partial charge in [-0.25, -0.2) is 4.79 Å². The van der Waals surface area contributed by atoms with Gasteiger partial charge in [0.15, 0.2) is 11.9 Å². The summed E-state index contributed by atoms with van der Waals surface area (Å²) in [4.78, 5) is 25.8. The van der Waals surface area contributed by atoms with Crippen LogP contribution in [0.25, 0.3) is 0 Å². The third kappa shape index (κ3) is 2.71. The molecular weight excluding hydrogens is 364 g/mol. The van der Waals surface area contributed by atoms with E-state index < -0.39 is 23.6 Å². The molecule has 0 amide bonds. The van der Waals surface area contributed by atoms with Gasteiger partial charge >= 0.3 is 11.9 Å². The molecule has 2 aliphatic heterocycles. The van der Waals surface area contributed by atoms with Crippen LogP contribution in [0.4, 0.5) is 0 Å². The zero-order valence-corrected chi connectivity index (χ0v) is 15.8. The van der Waals surface area contributed by atoms with Crippen LogP contribution in [0.1, 0.15) is 28.4 Å². The molecule has 2 heterocycles. The molecule has 2 aromatic carbocycles. The highest BCUT2D eigenvalue weighted by Gasteiger charge is 2.67. The number of Topliss-reactive ketones (excluding diaryl/α,β-unsaturated/α-hetero) is 1. The van der Waals surface area contributed by atoms with Crippen LogP contribution >= 0.6 is 0 Å². The van der Waals surface area contributed by atoms with Gasteiger partial charge in [0.1, 0.15) is 12.4 Å². The summed E-state index contributed by atoms with van der Waals surface area (Å²) < 4.78 is 27.7. The predicted octanol–water partition coefficient (Wildman–Crippen LogP) is 2.57. The van der Waals surface area contributed by atoms with E-state index >= 15 is 0 Å². The van der Waals surface area contributed by atoms with Crippen molar-refractivity contribution < 1.29 is 33.3 Å². The van der Waals surface area contributed by atoms with Crippen molar-refractivity contribution in [1.29, 1.82) is 0 Å². The summed E-state index contributed by atoms with van der Waals surface area (Å²) in [6.07, 6.45) is -1.16. The highest BCUT2D eigenvalue weighted by molar-refractivity contribution is 6.06. The minimum Gasteiger partial charge on any atom is -0.497 e. The number of carbonyl (C=O) groups is 2. The molecule has 2 aromatic rings. The molecule has 146 valence electrons. The van der Waals surface area contributed by atoms with E-state index in [4.69, 9.17) is 23.7 Å². The highest BCUT2D eigenvalue weighted by Crippen LogP contribution is 2.50. The van der Waals surface area contributed by atoms with E-state index in [0.29, 0.717) is 16.9 Å². The first-order valence-electron chi connectivity index (χ1n) is 8.80. The van der Waals surface area contributed by atoms with E-state index in [9.17, 15) is 9.59 Å². The molecule has 0 aliphatic carbocycles. The fourth-order valence-corrected chi connectivity index (χ4v) is 3.52. The molecule has 0 N–H and O–H groups in total. The average molecular weight is 384 g/mol. The molecule has 7 nitrogen and oxygen atoms in total. The van der Waals surface area contributed by atoms with Gasteiger partial charge in [-0.3, -0.25) is 4.79 Å². The maximum atomic E-state index is 12.9. The second-order valence-corrected chi connectivity index (χ2v) is 6.80. The second-order valence-electron chi connectivity index (χ2n) is 6.80. The Balaban J connectivity index is 1.58. The maximum absolute atomic E-state index is 12.9. The van der Waals surface area contributed by atoms with E-state index in [1.807, 2.05) is 0 Å². The van der Waals surface area contributed by atoms with Crippen molar-refractivity contribution in [3.63, 3.8) is 0 Å². The quantitative estimate of drug-likeness (QED) is 0.733. The van der Waals surface area contributed by atoms with Crippen LogP contribution < -0.4 is 4.74 Å². The number of methoxy groups -OCH3 is 2. The van der Waals surface area contributed by atoms with Gasteiger partial charge in [0, 0.05) is 12.7 Å². The highest BCUT2D eigenvalue weighted by atomic mass is 16.9. The van der Waals surface area contributed by atoms with E-state index in [1.54, 1.807) is 55.6 Å². The molecule has 3 atom stereocenters. The molecule has 2 aliphatic rings. The van der Waals surface area contributed by atoms with Gasteiger partial charge in [0.05, 0.1) is 12.7 Å². The van der Waals surface area contributed by atoms with Crippen molar-refractivity contribution in [3.05, 3.63) is 65.2 Å². The molecule has 0 aromatic heterocycles. The Morgan fingerprint density at radius 1 is 1.11 bits per heavy atom. The van der Waals surface area contributed by atoms with Crippen molar-refractivity contribution in [2.75, 3.05) is 14.2 Å². The molecule has 1 saturated heterocycles. The van der Waals surface area contributed by atoms with Gasteiger partial charge < -0.3 is 23.7 Å². The number of carbonyl (C=O) groups excluding carboxylic acids is 2. The minimum absolute atomic E-state index is 0.0234. The van der Waals surface area contributed by atoms with Gasteiger partial charge in [-0.2, -0.15) is 0 Å². The van der Waals surface area contributed by atoms with Crippen LogP contribution in [0.15, 0.2) is 48.5 Å². The molecule has 7 heteroatoms. The first-order valence-corrected chi connectivity index (χ1v) is 8.80. The van der Waals surface area contributed by atoms with Crippen molar-refractivity contribution in [3.8, 4) is 5.75 Å². The molecule has 0 radical (unpaired) electrons. The fourth-order valence-electron chi connectivity index (χ4n) is 3.52. The molecule has 28 heavy (non-hydrogen) atoms. The standard InChI is InChI=1S/C21H20O7/c1-20(19(23)26-12-13-8-10-14(24-2)11-9-13)18-17(22)15-6-4-5-7-16(15)21(25-3,27-18)28-20/h4-11,18H,12H2,1-3H3/t18-,20-,21+/m1/s1. The third-order valence-electron chi connectivity index (χ3n) is 5.08. The second kappa shape index (κ2) is 6.70. The number of rotatable bonds is 5. The van der Waals surface area contributed by atoms with Crippen LogP contribution in [0.3, 0.4) is 0 Å². The number of ketones is 1. The summed E-state index contributed by atoms with van der Waals surface area (Å²) in [5.74, 6) is -1.96. The van der Waals surface area contributed by atoms with Gasteiger partial charge in [-0.1, -0.05) is 36.4 Å². The van der Waals surface area contributed by atoms with E-state index in [1.165, 1.54) is 14.0 Å². The molecular formula is C21H20O7. The van der Waals surface area contributed by atoms with Crippen molar-refractivity contribution in [2.45, 2.75) is 31.2 Å². The van der Waals surface area contributed by atoms with Crippen LogP contribution in [-0.2, 0) is 36.3 Å². The lowest BCUT2D eigenvalue weighted by molar-refractivity contribution is -0.348. The average Bonchev–Trinajstić information content (AvgIpc) is 3.03. The van der Waals surface area contributed by atoms with Gasteiger partial charge in [-0.05, 0) is 24.6 Å². The lowest BCUT2D eigenvalue weighted by atomic mass is 9.89. The smallest absolute Gasteiger partial charge is 0.341 e. The summed E-state index contributed by atoms with van der Waals surface area (Å²) in [6, 6.07) is 14.0. The number of hydrogen-bond acceptors (Lipinski definition) is 7. The normalized spacial score (nSPS) is 28.0. The summed E-state index contributed by atoms with van der Waals surface area (Å²) in [5, 5.41) is 0. The zero-order valence-electron chi connectivity index (χ0n) is 15.8. The summed E-state index contributed by atoms with van der Waals surface area (Å²) in [6.45, 7) is 1.51. The summed E-state index contributed by atoms with van der Waals surface area (Å²) >= 11 is 0. The largest absolute Gasteiger partial charge is 0.497 e. The number of fused-ring (bicyclic) bond motifs is 4. The van der Waals surface area contributed by atoms with Crippen molar-refractivity contribution in [1.82, 2.24) is 0 Å². The monoisotopic (exact) mass is 384 g/mol. The number of ether oxygens (including phenoxy) is 5. The molecule has 0 unspecified atom stereocenters. The summed E-state index contributed by atoms with van der Waals surface area (Å²) in [5.41, 5.74) is -0.0214. The first-order chi connectivity index (χ1) is 13.4. The van der Waals surface area contributed by atoms with Gasteiger partial charge in [0.2, 0.25) is 5.60 Å². The molecule has 0 spiro atoms. The Kier molecular flexibility index (Phi) is 4.45. The van der Waals surface area contributed by atoms with Gasteiger partial charge in [0.25, 0.3) is 0 Å². The number of hydrogen-bond donors (Lipinski definition) is 0. The topological polar surface area (TPSA) is 80.3 Å². The molecule has 0 saturated carbocycles.